The van der Waals surface area contributed by atoms with E-state index in [-0.39, 0.29) is 0 Å². The molecule has 2 nitrogen and oxygen atoms in total. The van der Waals surface area contributed by atoms with Crippen molar-refractivity contribution in [3.8, 4) is 0 Å². The molecule has 0 spiro atoms. The molecule has 17 heavy (non-hydrogen) atoms. The van der Waals surface area contributed by atoms with Gasteiger partial charge in [-0.1, -0.05) is 24.6 Å². The SMILES string of the molecule is Cc1cccc2cc(C=O)n(CC3CCC3)c12. The van der Waals surface area contributed by atoms with Crippen molar-refractivity contribution in [3.05, 3.63) is 35.5 Å². The van der Waals surface area contributed by atoms with Crippen molar-refractivity contribution < 1.29 is 4.79 Å². The van der Waals surface area contributed by atoms with Crippen LogP contribution in [0, 0.1) is 12.8 Å². The minimum absolute atomic E-state index is 0.768. The molecule has 0 bridgehead atoms. The highest BCUT2D eigenvalue weighted by Crippen LogP contribution is 2.31. The number of aromatic nitrogens is 1. The second-order valence-corrected chi connectivity index (χ2v) is 5.11. The summed E-state index contributed by atoms with van der Waals surface area (Å²) in [5.74, 6) is 0.768. The lowest BCUT2D eigenvalue weighted by molar-refractivity contribution is 0.111. The molecule has 1 aliphatic rings. The standard InChI is InChI=1S/C15H17NO/c1-11-4-2-7-13-8-14(10-17)16(15(11)13)9-12-5-3-6-12/h2,4,7-8,10,12H,3,5-6,9H2,1H3. The van der Waals surface area contributed by atoms with Crippen molar-refractivity contribution in [3.63, 3.8) is 0 Å². The van der Waals surface area contributed by atoms with Crippen molar-refractivity contribution >= 4 is 17.2 Å². The first-order valence-corrected chi connectivity index (χ1v) is 6.33. The number of aryl methyl sites for hydroxylation is 1. The molecule has 0 atom stereocenters. The second-order valence-electron chi connectivity index (χ2n) is 5.11. The minimum Gasteiger partial charge on any atom is -0.338 e. The average molecular weight is 227 g/mol. The van der Waals surface area contributed by atoms with E-state index in [1.165, 1.54) is 35.7 Å². The highest BCUT2D eigenvalue weighted by Gasteiger charge is 2.20. The van der Waals surface area contributed by atoms with Gasteiger partial charge < -0.3 is 4.57 Å². The molecule has 3 rings (SSSR count). The lowest BCUT2D eigenvalue weighted by Crippen LogP contribution is -2.19. The zero-order valence-electron chi connectivity index (χ0n) is 10.1. The van der Waals surface area contributed by atoms with Crippen LogP contribution in [0.5, 0.6) is 0 Å². The predicted molar refractivity (Wildman–Crippen MR) is 69.4 cm³/mol. The van der Waals surface area contributed by atoms with Crippen LogP contribution in [-0.2, 0) is 6.54 Å². The summed E-state index contributed by atoms with van der Waals surface area (Å²) in [6.45, 7) is 3.12. The summed E-state index contributed by atoms with van der Waals surface area (Å²) in [7, 11) is 0. The van der Waals surface area contributed by atoms with Gasteiger partial charge in [-0.15, -0.1) is 0 Å². The first kappa shape index (κ1) is 10.6. The fraction of sp³-hybridized carbons (Fsp3) is 0.400. The Bertz CT molecular complexity index is 564. The van der Waals surface area contributed by atoms with Crippen molar-refractivity contribution in [2.24, 2.45) is 5.92 Å². The number of fused-ring (bicyclic) bond motifs is 1. The monoisotopic (exact) mass is 227 g/mol. The number of carbonyl (C=O) groups is 1. The van der Waals surface area contributed by atoms with Gasteiger partial charge in [-0.2, -0.15) is 0 Å². The van der Waals surface area contributed by atoms with Crippen molar-refractivity contribution in [1.29, 1.82) is 0 Å². The van der Waals surface area contributed by atoms with Crippen molar-refractivity contribution in [2.45, 2.75) is 32.7 Å². The van der Waals surface area contributed by atoms with E-state index < -0.39 is 0 Å². The van der Waals surface area contributed by atoms with Crippen LogP contribution in [0.3, 0.4) is 0 Å². The Labute approximate surface area is 101 Å². The van der Waals surface area contributed by atoms with Gasteiger partial charge in [0.1, 0.15) is 0 Å². The van der Waals surface area contributed by atoms with E-state index >= 15 is 0 Å². The summed E-state index contributed by atoms with van der Waals surface area (Å²) in [5, 5.41) is 1.19. The average Bonchev–Trinajstić information content (AvgIpc) is 2.63. The van der Waals surface area contributed by atoms with Crippen LogP contribution in [0.2, 0.25) is 0 Å². The first-order chi connectivity index (χ1) is 8.29. The van der Waals surface area contributed by atoms with Gasteiger partial charge in [0.15, 0.2) is 6.29 Å². The molecule has 1 aromatic carbocycles. The van der Waals surface area contributed by atoms with Crippen molar-refractivity contribution in [1.82, 2.24) is 4.57 Å². The molecular formula is C15H17NO. The van der Waals surface area contributed by atoms with E-state index in [9.17, 15) is 4.79 Å². The predicted octanol–water partition coefficient (Wildman–Crippen LogP) is 3.56. The third-order valence-corrected chi connectivity index (χ3v) is 3.94. The van der Waals surface area contributed by atoms with Crippen LogP contribution in [0.15, 0.2) is 24.3 Å². The largest absolute Gasteiger partial charge is 0.338 e. The van der Waals surface area contributed by atoms with Gasteiger partial charge in [0.05, 0.1) is 11.2 Å². The van der Waals surface area contributed by atoms with Gasteiger partial charge in [0.2, 0.25) is 0 Å². The summed E-state index contributed by atoms with van der Waals surface area (Å²) in [6.07, 6.45) is 4.95. The maximum absolute atomic E-state index is 11.2. The van der Waals surface area contributed by atoms with Gasteiger partial charge in [0, 0.05) is 11.9 Å². The number of carbonyl (C=O) groups excluding carboxylic acids is 1. The van der Waals surface area contributed by atoms with Crippen LogP contribution < -0.4 is 0 Å². The molecule has 1 saturated carbocycles. The zero-order valence-corrected chi connectivity index (χ0v) is 10.1. The molecule has 1 heterocycles. The molecule has 0 aliphatic heterocycles. The summed E-state index contributed by atoms with van der Waals surface area (Å²) >= 11 is 0. The van der Waals surface area contributed by atoms with Crippen LogP contribution >= 0.6 is 0 Å². The maximum Gasteiger partial charge on any atom is 0.166 e. The Morgan fingerprint density at radius 3 is 2.88 bits per heavy atom. The molecule has 0 N–H and O–H groups in total. The quantitative estimate of drug-likeness (QED) is 0.735. The summed E-state index contributed by atoms with van der Waals surface area (Å²) < 4.78 is 2.21. The molecule has 2 heteroatoms. The van der Waals surface area contributed by atoms with E-state index in [0.29, 0.717) is 0 Å². The third-order valence-electron chi connectivity index (χ3n) is 3.94. The molecule has 1 aromatic heterocycles. The topological polar surface area (TPSA) is 22.0 Å². The molecule has 88 valence electrons. The molecule has 1 aliphatic carbocycles. The third kappa shape index (κ3) is 1.68. The normalized spacial score (nSPS) is 16.1. The van der Waals surface area contributed by atoms with Crippen LogP contribution in [0.1, 0.15) is 35.3 Å². The molecule has 1 fully saturated rings. The number of para-hydroxylation sites is 1. The van der Waals surface area contributed by atoms with E-state index in [4.69, 9.17) is 0 Å². The van der Waals surface area contributed by atoms with Crippen LogP contribution in [-0.4, -0.2) is 10.9 Å². The van der Waals surface area contributed by atoms with Gasteiger partial charge in [-0.3, -0.25) is 4.79 Å². The van der Waals surface area contributed by atoms with E-state index in [1.807, 2.05) is 6.07 Å². The van der Waals surface area contributed by atoms with Gasteiger partial charge in [-0.25, -0.2) is 0 Å². The number of rotatable bonds is 3. The highest BCUT2D eigenvalue weighted by atomic mass is 16.1. The lowest BCUT2D eigenvalue weighted by atomic mass is 9.85. The zero-order chi connectivity index (χ0) is 11.8. The summed E-state index contributed by atoms with van der Waals surface area (Å²) in [5.41, 5.74) is 3.32. The molecule has 0 amide bonds. The molecule has 0 unspecified atom stereocenters. The van der Waals surface area contributed by atoms with Crippen LogP contribution in [0.4, 0.5) is 0 Å². The Morgan fingerprint density at radius 1 is 1.41 bits per heavy atom. The van der Waals surface area contributed by atoms with Gasteiger partial charge in [0.25, 0.3) is 0 Å². The van der Waals surface area contributed by atoms with E-state index in [2.05, 4.69) is 29.7 Å². The number of nitrogens with zero attached hydrogens (tertiary/aromatic N) is 1. The minimum atomic E-state index is 0.768. The molecule has 0 radical (unpaired) electrons. The first-order valence-electron chi connectivity index (χ1n) is 6.33. The molecule has 0 saturated heterocycles. The van der Waals surface area contributed by atoms with Gasteiger partial charge >= 0.3 is 0 Å². The Kier molecular flexibility index (Phi) is 2.50. The maximum atomic E-state index is 11.2. The molecular weight excluding hydrogens is 210 g/mol. The number of benzene rings is 1. The number of hydrogen-bond donors (Lipinski definition) is 0. The summed E-state index contributed by atoms with van der Waals surface area (Å²) in [6, 6.07) is 8.27. The smallest absolute Gasteiger partial charge is 0.166 e. The Balaban J connectivity index is 2.14. The van der Waals surface area contributed by atoms with Crippen LogP contribution in [0.25, 0.3) is 10.9 Å². The Morgan fingerprint density at radius 2 is 2.24 bits per heavy atom. The number of hydrogen-bond acceptors (Lipinski definition) is 1. The fourth-order valence-electron chi connectivity index (χ4n) is 2.76. The van der Waals surface area contributed by atoms with E-state index in [0.717, 1.165) is 24.4 Å². The highest BCUT2D eigenvalue weighted by molar-refractivity contribution is 5.90. The van der Waals surface area contributed by atoms with Crippen molar-refractivity contribution in [2.75, 3.05) is 0 Å². The Hall–Kier alpha value is -1.57. The fourth-order valence-corrected chi connectivity index (χ4v) is 2.76. The number of aldehydes is 1. The molecule has 2 aromatic rings. The summed E-state index contributed by atoms with van der Waals surface area (Å²) in [4.78, 5) is 11.2. The van der Waals surface area contributed by atoms with E-state index in [1.54, 1.807) is 0 Å². The van der Waals surface area contributed by atoms with Gasteiger partial charge in [-0.05, 0) is 37.3 Å². The second kappa shape index (κ2) is 4.02. The lowest BCUT2D eigenvalue weighted by Gasteiger charge is -2.26.